The Morgan fingerprint density at radius 1 is 1.03 bits per heavy atom. The lowest BCUT2D eigenvalue weighted by molar-refractivity contribution is -0.129. The molecule has 0 unspecified atom stereocenters. The number of methoxy groups -OCH3 is 2. The molecule has 0 aliphatic carbocycles. The summed E-state index contributed by atoms with van der Waals surface area (Å²) in [5.74, 6) is 0.356. The molecule has 0 radical (unpaired) electrons. The van der Waals surface area contributed by atoms with Gasteiger partial charge in [-0.3, -0.25) is 9.36 Å². The first-order valence-electron chi connectivity index (χ1n) is 9.57. The van der Waals surface area contributed by atoms with E-state index in [9.17, 15) is 4.79 Å². The van der Waals surface area contributed by atoms with Crippen molar-refractivity contribution in [3.05, 3.63) is 54.1 Å². The second-order valence-electron chi connectivity index (χ2n) is 6.71. The summed E-state index contributed by atoms with van der Waals surface area (Å²) in [6, 6.07) is 16.4. The molecule has 7 heteroatoms. The summed E-state index contributed by atoms with van der Waals surface area (Å²) in [7, 11) is 3.27. The van der Waals surface area contributed by atoms with Crippen molar-refractivity contribution < 1.29 is 14.3 Å². The summed E-state index contributed by atoms with van der Waals surface area (Å²) in [6.07, 6.45) is 0. The minimum absolute atomic E-state index is 0.0478. The number of carbonyl (C=O) groups is 1. The van der Waals surface area contributed by atoms with Crippen molar-refractivity contribution in [1.29, 1.82) is 0 Å². The van der Waals surface area contributed by atoms with Gasteiger partial charge in [0.15, 0.2) is 5.16 Å². The third-order valence-electron chi connectivity index (χ3n) is 4.63. The predicted molar refractivity (Wildman–Crippen MR) is 117 cm³/mol. The van der Waals surface area contributed by atoms with Crippen LogP contribution in [0.1, 0.15) is 5.56 Å². The van der Waals surface area contributed by atoms with Crippen molar-refractivity contribution in [1.82, 2.24) is 14.5 Å². The predicted octanol–water partition coefficient (Wildman–Crippen LogP) is 3.55. The number of hydrogen-bond donors (Lipinski definition) is 0. The maximum Gasteiger partial charge on any atom is 0.233 e. The van der Waals surface area contributed by atoms with Gasteiger partial charge in [0.2, 0.25) is 5.91 Å². The monoisotopic (exact) mass is 413 g/mol. The molecule has 6 nitrogen and oxygen atoms in total. The Morgan fingerprint density at radius 2 is 1.69 bits per heavy atom. The van der Waals surface area contributed by atoms with Crippen LogP contribution in [0.5, 0.6) is 0 Å². The number of nitrogens with zero attached hydrogens (tertiary/aromatic N) is 3. The highest BCUT2D eigenvalue weighted by atomic mass is 32.2. The first-order chi connectivity index (χ1) is 14.1. The van der Waals surface area contributed by atoms with E-state index in [2.05, 4.69) is 41.8 Å². The van der Waals surface area contributed by atoms with E-state index in [1.54, 1.807) is 19.1 Å². The third-order valence-corrected chi connectivity index (χ3v) is 5.55. The maximum absolute atomic E-state index is 12.8. The number of aromatic nitrogens is 2. The van der Waals surface area contributed by atoms with Crippen LogP contribution in [-0.4, -0.2) is 66.6 Å². The Hall–Kier alpha value is -2.35. The molecule has 0 spiro atoms. The standard InChI is InChI=1S/C22H27N3O3S/c1-17-8-10-18(11-9-17)25-20-7-5-4-6-19(20)23-22(25)29-16-21(26)24(12-14-27-2)13-15-28-3/h4-11H,12-16H2,1-3H3. The molecule has 154 valence electrons. The molecule has 0 aliphatic heterocycles. The van der Waals surface area contributed by atoms with E-state index in [1.165, 1.54) is 17.3 Å². The quantitative estimate of drug-likeness (QED) is 0.476. The summed E-state index contributed by atoms with van der Waals surface area (Å²) in [5.41, 5.74) is 4.19. The molecule has 1 amide bonds. The molecule has 29 heavy (non-hydrogen) atoms. The molecule has 3 rings (SSSR count). The van der Waals surface area contributed by atoms with Crippen LogP contribution in [0.25, 0.3) is 16.7 Å². The van der Waals surface area contributed by atoms with Gasteiger partial charge in [0.25, 0.3) is 0 Å². The fourth-order valence-electron chi connectivity index (χ4n) is 3.03. The van der Waals surface area contributed by atoms with Gasteiger partial charge in [0, 0.05) is 33.0 Å². The van der Waals surface area contributed by atoms with Crippen LogP contribution in [0.15, 0.2) is 53.7 Å². The maximum atomic E-state index is 12.8. The Labute approximate surface area is 175 Å². The van der Waals surface area contributed by atoms with Crippen LogP contribution in [0, 0.1) is 6.92 Å². The molecule has 0 saturated carbocycles. The number of hydrogen-bond acceptors (Lipinski definition) is 5. The first-order valence-corrected chi connectivity index (χ1v) is 10.6. The number of benzene rings is 2. The molecule has 0 fully saturated rings. The second kappa shape index (κ2) is 10.4. The van der Waals surface area contributed by atoms with Crippen LogP contribution >= 0.6 is 11.8 Å². The average Bonchev–Trinajstić information content (AvgIpc) is 3.11. The number of fused-ring (bicyclic) bond motifs is 1. The van der Waals surface area contributed by atoms with Crippen LogP contribution < -0.4 is 0 Å². The fourth-order valence-corrected chi connectivity index (χ4v) is 3.96. The van der Waals surface area contributed by atoms with Gasteiger partial charge in [-0.05, 0) is 31.2 Å². The fraction of sp³-hybridized carbons (Fsp3) is 0.364. The molecular weight excluding hydrogens is 386 g/mol. The normalized spacial score (nSPS) is 11.1. The van der Waals surface area contributed by atoms with Gasteiger partial charge in [0.05, 0.1) is 30.0 Å². The number of aryl methyl sites for hydroxylation is 1. The van der Waals surface area contributed by atoms with Crippen LogP contribution in [0.4, 0.5) is 0 Å². The number of imidazole rings is 1. The second-order valence-corrected chi connectivity index (χ2v) is 7.65. The molecule has 0 N–H and O–H groups in total. The zero-order valence-electron chi connectivity index (χ0n) is 17.1. The summed E-state index contributed by atoms with van der Waals surface area (Å²) in [5, 5.41) is 0.807. The van der Waals surface area contributed by atoms with Gasteiger partial charge >= 0.3 is 0 Å². The Bertz CT molecular complexity index is 932. The number of carbonyl (C=O) groups excluding carboxylic acids is 1. The summed E-state index contributed by atoms with van der Waals surface area (Å²) < 4.78 is 12.4. The smallest absolute Gasteiger partial charge is 0.233 e. The van der Waals surface area contributed by atoms with Gasteiger partial charge in [-0.1, -0.05) is 41.6 Å². The highest BCUT2D eigenvalue weighted by molar-refractivity contribution is 7.99. The molecule has 0 bridgehead atoms. The van der Waals surface area contributed by atoms with Crippen molar-refractivity contribution in [2.24, 2.45) is 0 Å². The molecule has 1 aromatic heterocycles. The van der Waals surface area contributed by atoms with Crippen LogP contribution in [-0.2, 0) is 14.3 Å². The molecule has 1 heterocycles. The van der Waals surface area contributed by atoms with Crippen molar-refractivity contribution in [3.63, 3.8) is 0 Å². The molecule has 0 saturated heterocycles. The molecule has 0 aliphatic rings. The largest absolute Gasteiger partial charge is 0.383 e. The topological polar surface area (TPSA) is 56.6 Å². The van der Waals surface area contributed by atoms with E-state index < -0.39 is 0 Å². The van der Waals surface area contributed by atoms with Crippen molar-refractivity contribution >= 4 is 28.7 Å². The number of ether oxygens (including phenoxy) is 2. The van der Waals surface area contributed by atoms with Gasteiger partial charge in [-0.15, -0.1) is 0 Å². The first kappa shape index (κ1) is 21.4. The number of thioether (sulfide) groups is 1. The number of rotatable bonds is 10. The van der Waals surface area contributed by atoms with Crippen molar-refractivity contribution in [3.8, 4) is 5.69 Å². The third kappa shape index (κ3) is 5.38. The van der Waals surface area contributed by atoms with E-state index in [-0.39, 0.29) is 5.91 Å². The molecule has 0 atom stereocenters. The highest BCUT2D eigenvalue weighted by Crippen LogP contribution is 2.28. The Kier molecular flexibility index (Phi) is 7.69. The number of para-hydroxylation sites is 2. The Morgan fingerprint density at radius 3 is 2.34 bits per heavy atom. The lowest BCUT2D eigenvalue weighted by Gasteiger charge is -2.21. The van der Waals surface area contributed by atoms with Gasteiger partial charge < -0.3 is 14.4 Å². The van der Waals surface area contributed by atoms with E-state index in [0.717, 1.165) is 21.9 Å². The molecular formula is C22H27N3O3S. The Balaban J connectivity index is 1.83. The van der Waals surface area contributed by atoms with E-state index in [1.807, 2.05) is 18.2 Å². The number of amides is 1. The van der Waals surface area contributed by atoms with Gasteiger partial charge in [-0.25, -0.2) is 4.98 Å². The van der Waals surface area contributed by atoms with Crippen LogP contribution in [0.3, 0.4) is 0 Å². The zero-order valence-corrected chi connectivity index (χ0v) is 17.9. The highest BCUT2D eigenvalue weighted by Gasteiger charge is 2.17. The average molecular weight is 414 g/mol. The summed E-state index contributed by atoms with van der Waals surface area (Å²) in [4.78, 5) is 19.3. The van der Waals surface area contributed by atoms with Crippen molar-refractivity contribution in [2.45, 2.75) is 12.1 Å². The van der Waals surface area contributed by atoms with E-state index in [4.69, 9.17) is 14.5 Å². The molecule has 2 aromatic carbocycles. The summed E-state index contributed by atoms with van der Waals surface area (Å²) in [6.45, 7) is 4.17. The summed E-state index contributed by atoms with van der Waals surface area (Å²) >= 11 is 1.45. The SMILES string of the molecule is COCCN(CCOC)C(=O)CSc1nc2ccccc2n1-c1ccc(C)cc1. The minimum atomic E-state index is 0.0478. The lowest BCUT2D eigenvalue weighted by Crippen LogP contribution is -2.37. The lowest BCUT2D eigenvalue weighted by atomic mass is 10.2. The van der Waals surface area contributed by atoms with E-state index in [0.29, 0.717) is 32.1 Å². The molecule has 3 aromatic rings. The minimum Gasteiger partial charge on any atom is -0.383 e. The van der Waals surface area contributed by atoms with E-state index >= 15 is 0 Å². The van der Waals surface area contributed by atoms with Crippen LogP contribution in [0.2, 0.25) is 0 Å². The zero-order chi connectivity index (χ0) is 20.6. The van der Waals surface area contributed by atoms with Gasteiger partial charge in [-0.2, -0.15) is 0 Å². The van der Waals surface area contributed by atoms with Gasteiger partial charge in [0.1, 0.15) is 0 Å². The van der Waals surface area contributed by atoms with Crippen molar-refractivity contribution in [2.75, 3.05) is 46.3 Å².